The number of benzene rings is 1. The molecule has 100 valence electrons. The highest BCUT2D eigenvalue weighted by atomic mass is 32.1. The van der Waals surface area contributed by atoms with Crippen LogP contribution in [0.3, 0.4) is 0 Å². The van der Waals surface area contributed by atoms with Gasteiger partial charge in [-0.2, -0.15) is 5.10 Å². The van der Waals surface area contributed by atoms with E-state index < -0.39 is 0 Å². The molecule has 3 nitrogen and oxygen atoms in total. The first-order valence-electron chi connectivity index (χ1n) is 6.41. The average molecular weight is 282 g/mol. The third-order valence-corrected chi connectivity index (χ3v) is 4.21. The van der Waals surface area contributed by atoms with E-state index in [1.54, 1.807) is 11.3 Å². The number of hydrogen-bond donors (Lipinski definition) is 1. The summed E-state index contributed by atoms with van der Waals surface area (Å²) < 4.78 is 0. The minimum absolute atomic E-state index is 0.105. The number of aromatic nitrogens is 2. The van der Waals surface area contributed by atoms with Crippen molar-refractivity contribution in [2.75, 3.05) is 0 Å². The molecule has 0 aliphatic carbocycles. The smallest absolute Gasteiger partial charge is 0.267 e. The van der Waals surface area contributed by atoms with Crippen molar-refractivity contribution in [3.63, 3.8) is 0 Å². The highest BCUT2D eigenvalue weighted by Crippen LogP contribution is 2.26. The molecule has 0 unspecified atom stereocenters. The summed E-state index contributed by atoms with van der Waals surface area (Å²) in [6, 6.07) is 14.0. The van der Waals surface area contributed by atoms with E-state index in [4.69, 9.17) is 0 Å². The molecule has 1 aromatic carbocycles. The maximum atomic E-state index is 12.1. The normalized spacial score (nSPS) is 10.7. The molecular formula is C16H14N2OS. The number of nitrogens with one attached hydrogen (secondary N) is 1. The van der Waals surface area contributed by atoms with Crippen molar-refractivity contribution < 1.29 is 0 Å². The highest BCUT2D eigenvalue weighted by Gasteiger charge is 2.13. The molecule has 0 aliphatic heterocycles. The van der Waals surface area contributed by atoms with E-state index in [9.17, 15) is 4.79 Å². The maximum absolute atomic E-state index is 12.1. The summed E-state index contributed by atoms with van der Waals surface area (Å²) in [4.78, 5) is 13.1. The van der Waals surface area contributed by atoms with Gasteiger partial charge in [-0.1, -0.05) is 36.4 Å². The van der Waals surface area contributed by atoms with Crippen LogP contribution < -0.4 is 5.56 Å². The first-order chi connectivity index (χ1) is 9.75. The van der Waals surface area contributed by atoms with Crippen LogP contribution in [0.2, 0.25) is 0 Å². The lowest BCUT2D eigenvalue weighted by Gasteiger charge is -2.08. The zero-order valence-electron chi connectivity index (χ0n) is 11.1. The van der Waals surface area contributed by atoms with E-state index in [1.807, 2.05) is 54.8 Å². The number of hydrogen-bond acceptors (Lipinski definition) is 3. The van der Waals surface area contributed by atoms with Crippen LogP contribution in [0.4, 0.5) is 0 Å². The number of nitrogens with zero attached hydrogens (tertiary/aromatic N) is 1. The van der Waals surface area contributed by atoms with Crippen LogP contribution >= 0.6 is 11.3 Å². The molecule has 4 heteroatoms. The van der Waals surface area contributed by atoms with Gasteiger partial charge in [0.25, 0.3) is 5.56 Å². The Balaban J connectivity index is 2.07. The summed E-state index contributed by atoms with van der Waals surface area (Å²) in [6.45, 7) is 1.97. The molecule has 0 spiro atoms. The molecule has 2 aromatic heterocycles. The van der Waals surface area contributed by atoms with Gasteiger partial charge in [0.15, 0.2) is 0 Å². The number of rotatable bonds is 3. The number of H-pyrrole nitrogens is 1. The molecule has 0 atom stereocenters. The van der Waals surface area contributed by atoms with Crippen molar-refractivity contribution in [3.8, 4) is 10.6 Å². The molecule has 0 radical (unpaired) electrons. The molecule has 0 bridgehead atoms. The van der Waals surface area contributed by atoms with Gasteiger partial charge in [-0.3, -0.25) is 4.79 Å². The lowest BCUT2D eigenvalue weighted by molar-refractivity contribution is 0.938. The second-order valence-electron chi connectivity index (χ2n) is 4.64. The standard InChI is InChI=1S/C16H14N2OS/c1-11-13(10-12-6-3-2-4-7-12)16(19)18-17-15(11)14-8-5-9-20-14/h2-9H,10H2,1H3,(H,18,19). The summed E-state index contributed by atoms with van der Waals surface area (Å²) in [6.07, 6.45) is 0.628. The molecule has 0 saturated carbocycles. The van der Waals surface area contributed by atoms with Gasteiger partial charge < -0.3 is 0 Å². The Hall–Kier alpha value is -2.20. The van der Waals surface area contributed by atoms with Gasteiger partial charge >= 0.3 is 0 Å². The zero-order valence-corrected chi connectivity index (χ0v) is 11.9. The topological polar surface area (TPSA) is 45.8 Å². The van der Waals surface area contributed by atoms with Gasteiger partial charge in [0.05, 0.1) is 4.88 Å². The van der Waals surface area contributed by atoms with Gasteiger partial charge in [0.2, 0.25) is 0 Å². The zero-order chi connectivity index (χ0) is 13.9. The number of thiophene rings is 1. The summed E-state index contributed by atoms with van der Waals surface area (Å²) in [5, 5.41) is 8.83. The SMILES string of the molecule is Cc1c(-c2cccs2)n[nH]c(=O)c1Cc1ccccc1. The van der Waals surface area contributed by atoms with Crippen molar-refractivity contribution in [3.05, 3.63) is 74.9 Å². The molecule has 0 aliphatic rings. The Labute approximate surface area is 120 Å². The van der Waals surface area contributed by atoms with E-state index in [1.165, 1.54) is 0 Å². The van der Waals surface area contributed by atoms with Gasteiger partial charge in [-0.25, -0.2) is 5.10 Å². The maximum Gasteiger partial charge on any atom is 0.267 e. The highest BCUT2D eigenvalue weighted by molar-refractivity contribution is 7.13. The quantitative estimate of drug-likeness (QED) is 0.800. The lowest BCUT2D eigenvalue weighted by atomic mass is 10.0. The lowest BCUT2D eigenvalue weighted by Crippen LogP contribution is -2.17. The van der Waals surface area contributed by atoms with Gasteiger partial charge in [0.1, 0.15) is 5.69 Å². The fraction of sp³-hybridized carbons (Fsp3) is 0.125. The Morgan fingerprint density at radius 3 is 2.65 bits per heavy atom. The first kappa shape index (κ1) is 12.8. The molecule has 2 heterocycles. The van der Waals surface area contributed by atoms with Gasteiger partial charge in [-0.05, 0) is 29.5 Å². The van der Waals surface area contributed by atoms with Gasteiger partial charge in [0, 0.05) is 12.0 Å². The Bertz CT molecular complexity index is 761. The van der Waals surface area contributed by atoms with E-state index >= 15 is 0 Å². The van der Waals surface area contributed by atoms with Crippen molar-refractivity contribution in [1.82, 2.24) is 10.2 Å². The Kier molecular flexibility index (Phi) is 3.48. The van der Waals surface area contributed by atoms with Crippen molar-refractivity contribution >= 4 is 11.3 Å². The van der Waals surface area contributed by atoms with E-state index in [-0.39, 0.29) is 5.56 Å². The summed E-state index contributed by atoms with van der Waals surface area (Å²) in [5.74, 6) is 0. The third kappa shape index (κ3) is 2.42. The Morgan fingerprint density at radius 2 is 1.95 bits per heavy atom. The molecule has 1 N–H and O–H groups in total. The average Bonchev–Trinajstić information content (AvgIpc) is 2.98. The van der Waals surface area contributed by atoms with Crippen molar-refractivity contribution in [1.29, 1.82) is 0 Å². The first-order valence-corrected chi connectivity index (χ1v) is 7.29. The molecular weight excluding hydrogens is 268 g/mol. The van der Waals surface area contributed by atoms with Crippen LogP contribution in [0, 0.1) is 6.92 Å². The van der Waals surface area contributed by atoms with Crippen LogP contribution in [0.25, 0.3) is 10.6 Å². The minimum Gasteiger partial charge on any atom is -0.268 e. The van der Waals surface area contributed by atoms with Crippen LogP contribution in [0.1, 0.15) is 16.7 Å². The Morgan fingerprint density at radius 1 is 1.15 bits per heavy atom. The van der Waals surface area contributed by atoms with E-state index in [2.05, 4.69) is 10.2 Å². The number of aromatic amines is 1. The largest absolute Gasteiger partial charge is 0.268 e. The molecule has 0 amide bonds. The fourth-order valence-corrected chi connectivity index (χ4v) is 3.01. The monoisotopic (exact) mass is 282 g/mol. The fourth-order valence-electron chi connectivity index (χ4n) is 2.24. The summed E-state index contributed by atoms with van der Waals surface area (Å²) >= 11 is 1.63. The van der Waals surface area contributed by atoms with Crippen molar-refractivity contribution in [2.45, 2.75) is 13.3 Å². The van der Waals surface area contributed by atoms with Crippen LogP contribution in [-0.4, -0.2) is 10.2 Å². The predicted octanol–water partition coefficient (Wildman–Crippen LogP) is 3.40. The summed E-state index contributed by atoms with van der Waals surface area (Å²) in [5.41, 5.74) is 3.64. The second kappa shape index (κ2) is 5.43. The van der Waals surface area contributed by atoms with Crippen LogP contribution in [-0.2, 0) is 6.42 Å². The minimum atomic E-state index is -0.105. The second-order valence-corrected chi connectivity index (χ2v) is 5.59. The van der Waals surface area contributed by atoms with Crippen LogP contribution in [0.15, 0.2) is 52.6 Å². The van der Waals surface area contributed by atoms with Gasteiger partial charge in [-0.15, -0.1) is 11.3 Å². The van der Waals surface area contributed by atoms with Crippen LogP contribution in [0.5, 0.6) is 0 Å². The summed E-state index contributed by atoms with van der Waals surface area (Å²) in [7, 11) is 0. The van der Waals surface area contributed by atoms with Crippen molar-refractivity contribution in [2.24, 2.45) is 0 Å². The van der Waals surface area contributed by atoms with E-state index in [0.29, 0.717) is 6.42 Å². The third-order valence-electron chi connectivity index (χ3n) is 3.33. The van der Waals surface area contributed by atoms with E-state index in [0.717, 1.165) is 27.3 Å². The predicted molar refractivity (Wildman–Crippen MR) is 82.2 cm³/mol. The molecule has 20 heavy (non-hydrogen) atoms. The molecule has 0 fully saturated rings. The molecule has 3 aromatic rings. The molecule has 0 saturated heterocycles. The molecule has 3 rings (SSSR count).